The van der Waals surface area contributed by atoms with Gasteiger partial charge in [-0.05, 0) is 22.0 Å². The second-order valence-corrected chi connectivity index (χ2v) is 3.36. The summed E-state index contributed by atoms with van der Waals surface area (Å²) in [6.07, 6.45) is 3.35. The summed E-state index contributed by atoms with van der Waals surface area (Å²) in [6.45, 7) is 0. The van der Waals surface area contributed by atoms with Gasteiger partial charge in [0.15, 0.2) is 0 Å². The van der Waals surface area contributed by atoms with Gasteiger partial charge in [-0.25, -0.2) is 0 Å². The van der Waals surface area contributed by atoms with Gasteiger partial charge in [0.1, 0.15) is 0 Å². The largest absolute Gasteiger partial charge is 0.367 e. The first-order chi connectivity index (χ1) is 6.20. The number of carbonyl (C=O) groups excluding carboxylic acids is 2. The molecule has 0 fully saturated rings. The maximum absolute atomic E-state index is 11.3. The Hall–Kier alpha value is -1.36. The highest BCUT2D eigenvalue weighted by atomic mass is 79.9. The summed E-state index contributed by atoms with van der Waals surface area (Å²) >= 11 is 3.06. The number of imide groups is 1. The van der Waals surface area contributed by atoms with E-state index in [-0.39, 0.29) is 16.3 Å². The Morgan fingerprint density at radius 2 is 2.00 bits per heavy atom. The summed E-state index contributed by atoms with van der Waals surface area (Å²) < 4.78 is 0.289. The van der Waals surface area contributed by atoms with Gasteiger partial charge in [0.25, 0.3) is 11.8 Å². The van der Waals surface area contributed by atoms with E-state index in [1.807, 2.05) is 0 Å². The van der Waals surface area contributed by atoms with Crippen molar-refractivity contribution in [1.29, 1.82) is 0 Å². The van der Waals surface area contributed by atoms with E-state index < -0.39 is 0 Å². The number of nitrogens with one attached hydrogen (secondary N) is 2. The molecule has 0 spiro atoms. The van der Waals surface area contributed by atoms with Crippen molar-refractivity contribution in [3.8, 4) is 0 Å². The lowest BCUT2D eigenvalue weighted by atomic mass is 10.1. The Morgan fingerprint density at radius 1 is 1.23 bits per heavy atom. The van der Waals surface area contributed by atoms with Crippen molar-refractivity contribution in [3.63, 3.8) is 0 Å². The molecule has 0 aliphatic carbocycles. The molecule has 1 aliphatic heterocycles. The summed E-state index contributed by atoms with van der Waals surface area (Å²) in [5.41, 5.74) is 1.08. The molecule has 0 saturated carbocycles. The van der Waals surface area contributed by atoms with Crippen LogP contribution in [0.5, 0.6) is 0 Å². The van der Waals surface area contributed by atoms with Crippen molar-refractivity contribution in [1.82, 2.24) is 10.3 Å². The van der Waals surface area contributed by atoms with Crippen molar-refractivity contribution in [2.45, 2.75) is 0 Å². The van der Waals surface area contributed by atoms with Crippen LogP contribution >= 0.6 is 15.9 Å². The second-order valence-electron chi connectivity index (χ2n) is 2.57. The number of amides is 2. The number of H-pyrrole nitrogens is 1. The molecule has 2 N–H and O–H groups in total. The Morgan fingerprint density at radius 3 is 2.46 bits per heavy atom. The molecule has 66 valence electrons. The van der Waals surface area contributed by atoms with E-state index in [0.29, 0.717) is 11.1 Å². The fourth-order valence-corrected chi connectivity index (χ4v) is 1.68. The van der Waals surface area contributed by atoms with Crippen molar-refractivity contribution in [2.75, 3.05) is 0 Å². The van der Waals surface area contributed by atoms with Gasteiger partial charge < -0.3 is 4.98 Å². The standard InChI is InChI=1S/C8H5BrN2O2/c9-6-5(4-1-2-10-3-4)7(12)11-8(6)13/h1-3,10H,(H,11,12,13). The molecule has 0 bridgehead atoms. The van der Waals surface area contributed by atoms with Crippen LogP contribution in [-0.4, -0.2) is 16.8 Å². The first kappa shape index (κ1) is 8.25. The quantitative estimate of drug-likeness (QED) is 0.713. The second kappa shape index (κ2) is 2.85. The minimum atomic E-state index is -0.388. The molecular formula is C8H5BrN2O2. The van der Waals surface area contributed by atoms with E-state index in [2.05, 4.69) is 26.2 Å². The first-order valence-electron chi connectivity index (χ1n) is 3.59. The zero-order chi connectivity index (χ0) is 9.42. The molecule has 1 aromatic heterocycles. The smallest absolute Gasteiger partial charge is 0.265 e. The fourth-order valence-electron chi connectivity index (χ4n) is 1.17. The van der Waals surface area contributed by atoms with Crippen LogP contribution in [0.1, 0.15) is 5.56 Å². The molecule has 0 aromatic carbocycles. The molecule has 1 aliphatic rings. The number of halogens is 1. The molecule has 5 heteroatoms. The minimum Gasteiger partial charge on any atom is -0.367 e. The summed E-state index contributed by atoms with van der Waals surface area (Å²) in [5, 5.41) is 2.19. The maximum Gasteiger partial charge on any atom is 0.265 e. The van der Waals surface area contributed by atoms with E-state index in [1.165, 1.54) is 0 Å². The third kappa shape index (κ3) is 1.21. The highest BCUT2D eigenvalue weighted by Gasteiger charge is 2.29. The van der Waals surface area contributed by atoms with E-state index >= 15 is 0 Å². The van der Waals surface area contributed by atoms with Crippen molar-refractivity contribution >= 4 is 33.3 Å². The Balaban J connectivity index is 2.54. The van der Waals surface area contributed by atoms with Crippen molar-refractivity contribution in [3.05, 3.63) is 28.5 Å². The number of hydrogen-bond acceptors (Lipinski definition) is 2. The van der Waals surface area contributed by atoms with Crippen LogP contribution in [0.25, 0.3) is 5.57 Å². The van der Waals surface area contributed by atoms with Crippen LogP contribution in [0.2, 0.25) is 0 Å². The monoisotopic (exact) mass is 240 g/mol. The van der Waals surface area contributed by atoms with Gasteiger partial charge in [0.05, 0.1) is 10.1 Å². The predicted molar refractivity (Wildman–Crippen MR) is 49.8 cm³/mol. The van der Waals surface area contributed by atoms with E-state index in [0.717, 1.165) is 0 Å². The SMILES string of the molecule is O=C1NC(=O)C(c2cc[nH]c2)=C1Br. The first-order valence-corrected chi connectivity index (χ1v) is 4.38. The summed E-state index contributed by atoms with van der Waals surface area (Å²) in [6, 6.07) is 1.73. The van der Waals surface area contributed by atoms with Crippen LogP contribution in [0.3, 0.4) is 0 Å². The average Bonchev–Trinajstić information content (AvgIpc) is 2.63. The number of hydrogen-bond donors (Lipinski definition) is 2. The van der Waals surface area contributed by atoms with Gasteiger partial charge in [-0.2, -0.15) is 0 Å². The van der Waals surface area contributed by atoms with Crippen molar-refractivity contribution < 1.29 is 9.59 Å². The summed E-state index contributed by atoms with van der Waals surface area (Å²) in [7, 11) is 0. The lowest BCUT2D eigenvalue weighted by Gasteiger charge is -1.93. The van der Waals surface area contributed by atoms with Gasteiger partial charge >= 0.3 is 0 Å². The maximum atomic E-state index is 11.3. The van der Waals surface area contributed by atoms with Gasteiger partial charge in [-0.1, -0.05) is 0 Å². The van der Waals surface area contributed by atoms with E-state index in [1.54, 1.807) is 18.5 Å². The minimum absolute atomic E-state index is 0.289. The third-order valence-corrected chi connectivity index (χ3v) is 2.52. The molecule has 2 amide bonds. The van der Waals surface area contributed by atoms with Gasteiger partial charge in [0.2, 0.25) is 0 Å². The highest BCUT2D eigenvalue weighted by Crippen LogP contribution is 2.26. The predicted octanol–water partition coefficient (Wildman–Crippen LogP) is 0.777. The lowest BCUT2D eigenvalue weighted by Crippen LogP contribution is -2.22. The van der Waals surface area contributed by atoms with Gasteiger partial charge in [0, 0.05) is 18.0 Å². The van der Waals surface area contributed by atoms with E-state index in [4.69, 9.17) is 0 Å². The lowest BCUT2D eigenvalue weighted by molar-refractivity contribution is -0.123. The molecule has 13 heavy (non-hydrogen) atoms. The zero-order valence-electron chi connectivity index (χ0n) is 6.43. The summed E-state index contributed by atoms with van der Waals surface area (Å²) in [4.78, 5) is 25.1. The number of carbonyl (C=O) groups is 2. The molecule has 4 nitrogen and oxygen atoms in total. The van der Waals surface area contributed by atoms with Gasteiger partial charge in [-0.15, -0.1) is 0 Å². The van der Waals surface area contributed by atoms with Gasteiger partial charge in [-0.3, -0.25) is 14.9 Å². The van der Waals surface area contributed by atoms with Crippen LogP contribution < -0.4 is 5.32 Å². The molecular weight excluding hydrogens is 236 g/mol. The third-order valence-electron chi connectivity index (χ3n) is 1.76. The van der Waals surface area contributed by atoms with E-state index in [9.17, 15) is 9.59 Å². The molecule has 0 unspecified atom stereocenters. The zero-order valence-corrected chi connectivity index (χ0v) is 8.01. The molecule has 2 heterocycles. The molecule has 0 radical (unpaired) electrons. The number of rotatable bonds is 1. The summed E-state index contributed by atoms with van der Waals surface area (Å²) in [5.74, 6) is -0.752. The van der Waals surface area contributed by atoms with Crippen LogP contribution in [-0.2, 0) is 9.59 Å². The Bertz CT molecular complexity index is 406. The number of aromatic amines is 1. The molecule has 0 atom stereocenters. The average molecular weight is 241 g/mol. The fraction of sp³-hybridized carbons (Fsp3) is 0. The van der Waals surface area contributed by atoms with Crippen molar-refractivity contribution in [2.24, 2.45) is 0 Å². The highest BCUT2D eigenvalue weighted by molar-refractivity contribution is 9.12. The normalized spacial score (nSPS) is 16.7. The number of aromatic nitrogens is 1. The van der Waals surface area contributed by atoms with Crippen LogP contribution in [0.4, 0.5) is 0 Å². The molecule has 1 aromatic rings. The topological polar surface area (TPSA) is 62.0 Å². The molecule has 0 saturated heterocycles. The Kier molecular flexibility index (Phi) is 1.81. The Labute approximate surface area is 82.1 Å². The van der Waals surface area contributed by atoms with Crippen LogP contribution in [0, 0.1) is 0 Å². The van der Waals surface area contributed by atoms with Crippen LogP contribution in [0.15, 0.2) is 22.9 Å². The molecule has 2 rings (SSSR count).